The van der Waals surface area contributed by atoms with Crippen molar-refractivity contribution < 1.29 is 23.9 Å². The van der Waals surface area contributed by atoms with E-state index >= 15 is 0 Å². The predicted octanol–water partition coefficient (Wildman–Crippen LogP) is 5.66. The van der Waals surface area contributed by atoms with E-state index in [2.05, 4.69) is 16.3 Å². The number of hydrogen-bond donors (Lipinski definition) is 1. The van der Waals surface area contributed by atoms with E-state index in [-0.39, 0.29) is 10.6 Å². The van der Waals surface area contributed by atoms with Crippen LogP contribution in [-0.2, 0) is 4.79 Å². The number of nitro benzene ring substituents is 1. The van der Waals surface area contributed by atoms with Crippen molar-refractivity contribution in [2.75, 3.05) is 44.6 Å². The van der Waals surface area contributed by atoms with Crippen LogP contribution in [0.2, 0.25) is 0 Å². The first-order valence-electron chi connectivity index (χ1n) is 12.3. The molecule has 0 radical (unpaired) electrons. The van der Waals surface area contributed by atoms with Crippen LogP contribution in [-0.4, -0.2) is 45.2 Å². The van der Waals surface area contributed by atoms with Crippen molar-refractivity contribution in [1.82, 2.24) is 0 Å². The Morgan fingerprint density at radius 2 is 1.71 bits per heavy atom. The van der Waals surface area contributed by atoms with Crippen molar-refractivity contribution in [1.29, 1.82) is 0 Å². The van der Waals surface area contributed by atoms with Gasteiger partial charge in [-0.05, 0) is 60.2 Å². The van der Waals surface area contributed by atoms with Gasteiger partial charge in [0.2, 0.25) is 5.91 Å². The highest BCUT2D eigenvalue weighted by Crippen LogP contribution is 2.38. The topological polar surface area (TPSA) is 103 Å². The molecule has 1 N–H and O–H groups in total. The summed E-state index contributed by atoms with van der Waals surface area (Å²) in [5.74, 6) is 1.87. The van der Waals surface area contributed by atoms with E-state index in [4.69, 9.17) is 14.2 Å². The van der Waals surface area contributed by atoms with Gasteiger partial charge in [-0.15, -0.1) is 0 Å². The number of carbonyl (C=O) groups is 1. The number of benzene rings is 3. The van der Waals surface area contributed by atoms with Crippen molar-refractivity contribution in [2.45, 2.75) is 18.8 Å². The van der Waals surface area contributed by atoms with Gasteiger partial charge in [0, 0.05) is 31.3 Å². The van der Waals surface area contributed by atoms with Crippen molar-refractivity contribution in [2.24, 2.45) is 0 Å². The molecule has 1 aliphatic rings. The fraction of sp³-hybridized carbons (Fsp3) is 0.276. The fourth-order valence-corrected chi connectivity index (χ4v) is 4.75. The molecule has 0 saturated carbocycles. The van der Waals surface area contributed by atoms with E-state index < -0.39 is 5.91 Å². The van der Waals surface area contributed by atoms with Crippen LogP contribution in [0.15, 0.2) is 66.7 Å². The predicted molar refractivity (Wildman–Crippen MR) is 147 cm³/mol. The molecule has 3 aromatic carbocycles. The summed E-state index contributed by atoms with van der Waals surface area (Å²) < 4.78 is 16.0. The van der Waals surface area contributed by atoms with Gasteiger partial charge in [0.15, 0.2) is 0 Å². The summed E-state index contributed by atoms with van der Waals surface area (Å²) in [6.07, 6.45) is 4.61. The lowest BCUT2D eigenvalue weighted by molar-refractivity contribution is -0.384. The van der Waals surface area contributed by atoms with Crippen molar-refractivity contribution in [3.8, 4) is 17.2 Å². The standard InChI is InChI=1S/C29H31N3O6/c1-36-22-10-12-28(38-3)24(19-22)30-29(33)13-9-20-8-11-25(26(18-20)32(34)35)31-16-14-21(15-17-31)23-6-4-5-7-27(23)37-2/h4-13,18-19,21H,14-17H2,1-3H3,(H,30,33)/b13-9+. The Bertz CT molecular complexity index is 1330. The van der Waals surface area contributed by atoms with Crippen LogP contribution >= 0.6 is 0 Å². The zero-order valence-corrected chi connectivity index (χ0v) is 21.7. The Morgan fingerprint density at radius 3 is 2.39 bits per heavy atom. The molecule has 1 aliphatic heterocycles. The molecule has 38 heavy (non-hydrogen) atoms. The number of nitrogens with one attached hydrogen (secondary N) is 1. The van der Waals surface area contributed by atoms with Gasteiger partial charge in [0.25, 0.3) is 5.69 Å². The minimum atomic E-state index is -0.401. The first-order chi connectivity index (χ1) is 18.4. The second kappa shape index (κ2) is 12.1. The maximum atomic E-state index is 12.5. The number of methoxy groups -OCH3 is 3. The molecule has 9 heteroatoms. The lowest BCUT2D eigenvalue weighted by Gasteiger charge is -2.34. The fourth-order valence-electron chi connectivity index (χ4n) is 4.75. The molecule has 0 bridgehead atoms. The highest BCUT2D eigenvalue weighted by atomic mass is 16.6. The van der Waals surface area contributed by atoms with Gasteiger partial charge in [-0.1, -0.05) is 24.3 Å². The smallest absolute Gasteiger partial charge is 0.293 e. The highest BCUT2D eigenvalue weighted by Gasteiger charge is 2.27. The van der Waals surface area contributed by atoms with Gasteiger partial charge >= 0.3 is 0 Å². The monoisotopic (exact) mass is 517 g/mol. The zero-order valence-electron chi connectivity index (χ0n) is 21.7. The summed E-state index contributed by atoms with van der Waals surface area (Å²) in [6, 6.07) is 18.1. The third-order valence-corrected chi connectivity index (χ3v) is 6.70. The van der Waals surface area contributed by atoms with E-state index in [9.17, 15) is 14.9 Å². The number of carbonyl (C=O) groups excluding carboxylic acids is 1. The lowest BCUT2D eigenvalue weighted by atomic mass is 9.88. The number of nitro groups is 1. The number of amides is 1. The van der Waals surface area contributed by atoms with Gasteiger partial charge in [0.05, 0.1) is 31.9 Å². The molecule has 0 aliphatic carbocycles. The van der Waals surface area contributed by atoms with E-state index in [1.165, 1.54) is 31.9 Å². The van der Waals surface area contributed by atoms with Crippen LogP contribution in [0.3, 0.4) is 0 Å². The quantitative estimate of drug-likeness (QED) is 0.222. The molecule has 1 saturated heterocycles. The molecular formula is C29H31N3O6. The molecule has 1 heterocycles. The van der Waals surface area contributed by atoms with Crippen LogP contribution in [0.25, 0.3) is 6.08 Å². The molecule has 9 nitrogen and oxygen atoms in total. The molecule has 4 rings (SSSR count). The van der Waals surface area contributed by atoms with Gasteiger partial charge in [-0.3, -0.25) is 14.9 Å². The second-order valence-corrected chi connectivity index (χ2v) is 8.90. The van der Waals surface area contributed by atoms with Gasteiger partial charge < -0.3 is 24.4 Å². The molecule has 3 aromatic rings. The Labute approximate surface area is 221 Å². The third-order valence-electron chi connectivity index (χ3n) is 6.70. The molecule has 0 aromatic heterocycles. The molecule has 198 valence electrons. The maximum absolute atomic E-state index is 12.5. The summed E-state index contributed by atoms with van der Waals surface area (Å²) in [7, 11) is 4.72. The normalized spacial score (nSPS) is 13.8. The Morgan fingerprint density at radius 1 is 0.974 bits per heavy atom. The molecule has 0 spiro atoms. The summed E-state index contributed by atoms with van der Waals surface area (Å²) in [6.45, 7) is 1.40. The van der Waals surface area contributed by atoms with Crippen molar-refractivity contribution >= 4 is 29.0 Å². The lowest BCUT2D eigenvalue weighted by Crippen LogP contribution is -2.33. The largest absolute Gasteiger partial charge is 0.497 e. The number of ether oxygens (including phenoxy) is 3. The summed E-state index contributed by atoms with van der Waals surface area (Å²) in [4.78, 5) is 26.1. The van der Waals surface area contributed by atoms with Gasteiger partial charge in [0.1, 0.15) is 22.9 Å². The minimum absolute atomic E-state index is 0.0118. The molecule has 1 fully saturated rings. The van der Waals surface area contributed by atoms with Gasteiger partial charge in [-0.25, -0.2) is 0 Å². The zero-order chi connectivity index (χ0) is 27.1. The van der Waals surface area contributed by atoms with Crippen LogP contribution in [0, 0.1) is 10.1 Å². The molecule has 0 unspecified atom stereocenters. The SMILES string of the molecule is COc1ccc(OC)c(NC(=O)/C=C/c2ccc(N3CCC(c4ccccc4OC)CC3)c([N+](=O)[O-])c2)c1. The number of rotatable bonds is 9. The van der Waals surface area contributed by atoms with E-state index in [0.717, 1.165) is 18.6 Å². The number of hydrogen-bond acceptors (Lipinski definition) is 7. The van der Waals surface area contributed by atoms with E-state index in [1.54, 1.807) is 43.5 Å². The number of piperidine rings is 1. The van der Waals surface area contributed by atoms with Crippen LogP contribution in [0.5, 0.6) is 17.2 Å². The molecular weight excluding hydrogens is 486 g/mol. The third kappa shape index (κ3) is 6.05. The number of nitrogens with zero attached hydrogens (tertiary/aromatic N) is 2. The summed E-state index contributed by atoms with van der Waals surface area (Å²) in [5, 5.41) is 14.7. The second-order valence-electron chi connectivity index (χ2n) is 8.90. The van der Waals surface area contributed by atoms with Crippen molar-refractivity contribution in [3.05, 3.63) is 88.0 Å². The first kappa shape index (κ1) is 26.5. The van der Waals surface area contributed by atoms with E-state index in [1.807, 2.05) is 18.2 Å². The van der Waals surface area contributed by atoms with Crippen LogP contribution in [0.1, 0.15) is 29.9 Å². The molecule has 0 atom stereocenters. The molecule has 1 amide bonds. The Kier molecular flexibility index (Phi) is 8.47. The Hall–Kier alpha value is -4.53. The highest BCUT2D eigenvalue weighted by molar-refractivity contribution is 6.03. The summed E-state index contributed by atoms with van der Waals surface area (Å²) >= 11 is 0. The Balaban J connectivity index is 1.45. The summed E-state index contributed by atoms with van der Waals surface area (Å²) in [5.41, 5.74) is 2.78. The number of anilines is 2. The van der Waals surface area contributed by atoms with Gasteiger partial charge in [-0.2, -0.15) is 0 Å². The first-order valence-corrected chi connectivity index (χ1v) is 12.3. The van der Waals surface area contributed by atoms with Crippen LogP contribution < -0.4 is 24.4 Å². The number of para-hydroxylation sites is 1. The average molecular weight is 518 g/mol. The van der Waals surface area contributed by atoms with E-state index in [0.29, 0.717) is 47.4 Å². The van der Waals surface area contributed by atoms with Crippen LogP contribution in [0.4, 0.5) is 17.1 Å². The maximum Gasteiger partial charge on any atom is 0.293 e. The average Bonchev–Trinajstić information content (AvgIpc) is 2.96. The minimum Gasteiger partial charge on any atom is -0.497 e. The van der Waals surface area contributed by atoms with Crippen molar-refractivity contribution in [3.63, 3.8) is 0 Å².